The lowest BCUT2D eigenvalue weighted by molar-refractivity contribution is 1.07. The van der Waals surface area contributed by atoms with Crippen LogP contribution < -0.4 is 0 Å². The van der Waals surface area contributed by atoms with Gasteiger partial charge in [-0.05, 0) is 58.6 Å². The van der Waals surface area contributed by atoms with E-state index in [4.69, 9.17) is 23.2 Å². The number of hydrogen-bond donors (Lipinski definition) is 0. The zero-order valence-electron chi connectivity index (χ0n) is 32.1. The van der Waals surface area contributed by atoms with Crippen molar-refractivity contribution < 1.29 is 8.22 Å². The second-order valence-electron chi connectivity index (χ2n) is 11.7. The van der Waals surface area contributed by atoms with E-state index in [1.54, 1.807) is 4.57 Å². The molecule has 0 fully saturated rings. The third-order valence-electron chi connectivity index (χ3n) is 8.56. The fourth-order valence-electron chi connectivity index (χ4n) is 6.26. The van der Waals surface area contributed by atoms with Gasteiger partial charge in [-0.15, -0.1) is 0 Å². The van der Waals surface area contributed by atoms with Crippen LogP contribution in [0, 0.1) is 0 Å². The summed E-state index contributed by atoms with van der Waals surface area (Å²) in [6, 6.07) is 45.4. The van der Waals surface area contributed by atoms with Gasteiger partial charge in [0.2, 0.25) is 0 Å². The van der Waals surface area contributed by atoms with E-state index in [1.807, 2.05) is 109 Å². The monoisotopic (exact) mass is 632 g/mol. The van der Waals surface area contributed by atoms with Crippen LogP contribution in [-0.4, -0.2) is 19.5 Å². The van der Waals surface area contributed by atoms with Crippen molar-refractivity contribution in [2.75, 3.05) is 0 Å². The van der Waals surface area contributed by atoms with Gasteiger partial charge in [-0.25, -0.2) is 15.0 Å². The molecule has 9 rings (SSSR count). The van der Waals surface area contributed by atoms with Crippen LogP contribution >= 0.6 is 0 Å². The Morgan fingerprint density at radius 3 is 1.35 bits per heavy atom. The fourth-order valence-corrected chi connectivity index (χ4v) is 6.26. The summed E-state index contributed by atoms with van der Waals surface area (Å²) in [7, 11) is 0. The molecule has 49 heavy (non-hydrogen) atoms. The Morgan fingerprint density at radius 2 is 0.796 bits per heavy atom. The van der Waals surface area contributed by atoms with Crippen molar-refractivity contribution in [3.8, 4) is 62.1 Å². The van der Waals surface area contributed by atoms with E-state index in [0.29, 0.717) is 28.7 Å². The number of nitrogens with zero attached hydrogens (tertiary/aromatic N) is 4. The zero-order chi connectivity index (χ0) is 37.8. The Balaban J connectivity index is 1.38. The maximum Gasteiger partial charge on any atom is 0.164 e. The number of aromatic nitrogens is 4. The summed E-state index contributed by atoms with van der Waals surface area (Å²) in [5.41, 5.74) is 7.13. The summed E-state index contributed by atoms with van der Waals surface area (Å²) in [6.45, 7) is 0. The Kier molecular flexibility index (Phi) is 5.67. The molecule has 0 amide bonds. The second-order valence-corrected chi connectivity index (χ2v) is 11.7. The highest BCUT2D eigenvalue weighted by Gasteiger charge is 2.17. The summed E-state index contributed by atoms with van der Waals surface area (Å²) in [4.78, 5) is 14.9. The average Bonchev–Trinajstić information content (AvgIpc) is 3.61. The van der Waals surface area contributed by atoms with E-state index in [1.165, 1.54) is 12.1 Å². The molecule has 0 radical (unpaired) electrons. The van der Waals surface area contributed by atoms with Crippen LogP contribution in [0.3, 0.4) is 0 Å². The van der Waals surface area contributed by atoms with Crippen molar-refractivity contribution in [3.63, 3.8) is 0 Å². The van der Waals surface area contributed by atoms with E-state index in [0.717, 1.165) is 33.4 Å². The topological polar surface area (TPSA) is 43.6 Å². The number of rotatable bonds is 6. The standard InChI is InChI=1S/C45H30N4/c1-4-15-31(16-5-1)34-21-14-22-35(27-34)36-28-37(30-38(29-36)49-41-25-12-10-23-39(41)40-24-11-13-26-42(40)49)45-47-43(32-17-6-2-7-18-32)46-44(48-45)33-19-8-3-9-20-33/h1-30H/i10D,11D,23D,24D,25D,26D. The predicted octanol–water partition coefficient (Wildman–Crippen LogP) is 11.3. The molecule has 2 heterocycles. The van der Waals surface area contributed by atoms with E-state index in [2.05, 4.69) is 24.3 Å². The molecule has 0 spiro atoms. The van der Waals surface area contributed by atoms with Crippen molar-refractivity contribution in [2.45, 2.75) is 0 Å². The molecule has 7 aromatic carbocycles. The first-order valence-electron chi connectivity index (χ1n) is 19.0. The Hall–Kier alpha value is -6.65. The van der Waals surface area contributed by atoms with Gasteiger partial charge in [0.1, 0.15) is 0 Å². The number of hydrogen-bond acceptors (Lipinski definition) is 3. The van der Waals surface area contributed by atoms with Gasteiger partial charge < -0.3 is 4.57 Å². The minimum atomic E-state index is -0.169. The summed E-state index contributed by atoms with van der Waals surface area (Å²) in [5, 5.41) is 0.382. The molecule has 0 saturated heterocycles. The molecule has 0 saturated carbocycles. The molecule has 0 aliphatic carbocycles. The van der Waals surface area contributed by atoms with Crippen LogP contribution in [0.25, 0.3) is 83.9 Å². The van der Waals surface area contributed by atoms with Gasteiger partial charge in [0.15, 0.2) is 17.5 Å². The van der Waals surface area contributed by atoms with Crippen LogP contribution in [-0.2, 0) is 0 Å². The van der Waals surface area contributed by atoms with Crippen molar-refractivity contribution in [1.29, 1.82) is 0 Å². The molecular weight excluding hydrogens is 597 g/mol. The average molecular weight is 633 g/mol. The van der Waals surface area contributed by atoms with Gasteiger partial charge >= 0.3 is 0 Å². The van der Waals surface area contributed by atoms with Gasteiger partial charge in [0.25, 0.3) is 0 Å². The van der Waals surface area contributed by atoms with E-state index in [9.17, 15) is 0 Å². The lowest BCUT2D eigenvalue weighted by Gasteiger charge is -2.15. The molecule has 0 unspecified atom stereocenters. The quantitative estimate of drug-likeness (QED) is 0.183. The van der Waals surface area contributed by atoms with Crippen molar-refractivity contribution in [3.05, 3.63) is 182 Å². The third kappa shape index (κ3) is 5.35. The maximum absolute atomic E-state index is 9.10. The van der Waals surface area contributed by atoms with Crippen LogP contribution in [0.4, 0.5) is 0 Å². The molecule has 4 nitrogen and oxygen atoms in total. The molecule has 2 aromatic heterocycles. The minimum absolute atomic E-state index is 0.0338. The number of benzene rings is 7. The summed E-state index contributed by atoms with van der Waals surface area (Å²) >= 11 is 0. The molecule has 0 atom stereocenters. The fraction of sp³-hybridized carbons (Fsp3) is 0. The molecule has 0 aliphatic heterocycles. The third-order valence-corrected chi connectivity index (χ3v) is 8.56. The summed E-state index contributed by atoms with van der Waals surface area (Å²) < 4.78 is 54.7. The zero-order valence-corrected chi connectivity index (χ0v) is 26.1. The van der Waals surface area contributed by atoms with Gasteiger partial charge in [0.05, 0.1) is 19.3 Å². The Labute approximate surface area is 293 Å². The lowest BCUT2D eigenvalue weighted by Crippen LogP contribution is -2.01. The molecule has 4 heteroatoms. The highest BCUT2D eigenvalue weighted by Crippen LogP contribution is 2.37. The molecule has 9 aromatic rings. The summed E-state index contributed by atoms with van der Waals surface area (Å²) in [5.74, 6) is 1.38. The highest BCUT2D eigenvalue weighted by atomic mass is 15.0. The minimum Gasteiger partial charge on any atom is -0.309 e. The van der Waals surface area contributed by atoms with Crippen LogP contribution in [0.5, 0.6) is 0 Å². The lowest BCUT2D eigenvalue weighted by atomic mass is 9.97. The van der Waals surface area contributed by atoms with Crippen LogP contribution in [0.15, 0.2) is 182 Å². The highest BCUT2D eigenvalue weighted by molar-refractivity contribution is 6.09. The van der Waals surface area contributed by atoms with E-state index < -0.39 is 0 Å². The Bertz CT molecular complexity index is 2800. The van der Waals surface area contributed by atoms with Gasteiger partial charge in [-0.2, -0.15) is 0 Å². The molecule has 230 valence electrons. The van der Waals surface area contributed by atoms with Gasteiger partial charge in [-0.1, -0.05) is 145 Å². The summed E-state index contributed by atoms with van der Waals surface area (Å²) in [6.07, 6.45) is 0. The van der Waals surface area contributed by atoms with Crippen molar-refractivity contribution in [1.82, 2.24) is 19.5 Å². The first kappa shape index (κ1) is 22.8. The first-order chi connectivity index (χ1) is 26.7. The normalized spacial score (nSPS) is 13.0. The molecular formula is C45H30N4. The predicted molar refractivity (Wildman–Crippen MR) is 201 cm³/mol. The molecule has 0 bridgehead atoms. The van der Waals surface area contributed by atoms with Crippen molar-refractivity contribution >= 4 is 21.8 Å². The van der Waals surface area contributed by atoms with E-state index in [-0.39, 0.29) is 58.1 Å². The SMILES string of the molecule is [2H]c1cc([2H])c2c(c1[2H])c1c([2H])c([2H])cc([2H])c1n2-c1cc(-c2cccc(-c3ccccc3)c2)cc(-c2nc(-c3ccccc3)nc(-c3ccccc3)n2)c1. The van der Waals surface area contributed by atoms with Gasteiger partial charge in [-0.3, -0.25) is 0 Å². The van der Waals surface area contributed by atoms with Crippen LogP contribution in [0.1, 0.15) is 8.22 Å². The maximum atomic E-state index is 9.10. The molecule has 0 N–H and O–H groups in total. The second kappa shape index (κ2) is 12.2. The first-order valence-corrected chi connectivity index (χ1v) is 16.0. The van der Waals surface area contributed by atoms with Gasteiger partial charge in [0, 0.05) is 33.2 Å². The smallest absolute Gasteiger partial charge is 0.164 e. The Morgan fingerprint density at radius 1 is 0.367 bits per heavy atom. The molecule has 0 aliphatic rings. The number of para-hydroxylation sites is 2. The van der Waals surface area contributed by atoms with E-state index >= 15 is 0 Å². The largest absolute Gasteiger partial charge is 0.309 e. The number of fused-ring (bicyclic) bond motifs is 3. The van der Waals surface area contributed by atoms with Crippen molar-refractivity contribution in [2.24, 2.45) is 0 Å². The van der Waals surface area contributed by atoms with Crippen LogP contribution in [0.2, 0.25) is 0 Å².